The predicted molar refractivity (Wildman–Crippen MR) is 70.2 cm³/mol. The molecular weight excluding hydrogens is 234 g/mol. The summed E-state index contributed by atoms with van der Waals surface area (Å²) < 4.78 is 23.9. The first-order valence-corrected chi connectivity index (χ1v) is 7.75. The van der Waals surface area contributed by atoms with Crippen molar-refractivity contribution in [3.05, 3.63) is 24.3 Å². The van der Waals surface area contributed by atoms with Gasteiger partial charge in [0, 0.05) is 18.8 Å². The first-order chi connectivity index (χ1) is 8.04. The molecule has 0 saturated heterocycles. The summed E-state index contributed by atoms with van der Waals surface area (Å²) in [6, 6.07) is 7.89. The van der Waals surface area contributed by atoms with Gasteiger partial charge >= 0.3 is 0 Å². The zero-order chi connectivity index (χ0) is 12.5. The zero-order valence-corrected chi connectivity index (χ0v) is 11.2. The molecule has 1 aromatic carbocycles. The van der Waals surface area contributed by atoms with Crippen molar-refractivity contribution >= 4 is 15.5 Å². The van der Waals surface area contributed by atoms with E-state index in [4.69, 9.17) is 0 Å². The van der Waals surface area contributed by atoms with Crippen LogP contribution in [0.1, 0.15) is 26.2 Å². The van der Waals surface area contributed by atoms with Gasteiger partial charge < -0.3 is 4.90 Å². The molecule has 0 radical (unpaired) electrons. The fraction of sp³-hybridized carbons (Fsp3) is 0.538. The quantitative estimate of drug-likeness (QED) is 0.809. The van der Waals surface area contributed by atoms with Gasteiger partial charge in [-0.2, -0.15) is 0 Å². The largest absolute Gasteiger partial charge is 0.372 e. The maximum absolute atomic E-state index is 12.0. The van der Waals surface area contributed by atoms with Crippen LogP contribution in [0, 0.1) is 0 Å². The van der Waals surface area contributed by atoms with Crippen LogP contribution in [0.25, 0.3) is 0 Å². The number of sulfone groups is 1. The van der Waals surface area contributed by atoms with Crippen molar-refractivity contribution in [3.63, 3.8) is 0 Å². The van der Waals surface area contributed by atoms with Crippen LogP contribution in [0.2, 0.25) is 0 Å². The summed E-state index contributed by atoms with van der Waals surface area (Å²) in [6.45, 7) is 1.89. The molecule has 1 aliphatic rings. The Balaban J connectivity index is 2.27. The van der Waals surface area contributed by atoms with Gasteiger partial charge in [-0.3, -0.25) is 0 Å². The molecule has 0 bridgehead atoms. The monoisotopic (exact) mass is 253 g/mol. The van der Waals surface area contributed by atoms with Crippen LogP contribution in [0.3, 0.4) is 0 Å². The number of rotatable bonds is 5. The Hall–Kier alpha value is -1.03. The average Bonchev–Trinajstić information content (AvgIpc) is 3.12. The third kappa shape index (κ3) is 2.80. The molecule has 1 aromatic rings. The highest BCUT2D eigenvalue weighted by molar-refractivity contribution is 7.91. The first kappa shape index (κ1) is 12.4. The minimum atomic E-state index is -3.10. The van der Waals surface area contributed by atoms with Crippen LogP contribution in [-0.2, 0) is 9.84 Å². The van der Waals surface area contributed by atoms with Crippen LogP contribution in [0.15, 0.2) is 29.2 Å². The van der Waals surface area contributed by atoms with E-state index in [-0.39, 0.29) is 5.75 Å². The average molecular weight is 253 g/mol. The second-order valence-electron chi connectivity index (χ2n) is 4.66. The molecule has 0 aromatic heterocycles. The minimum Gasteiger partial charge on any atom is -0.372 e. The van der Waals surface area contributed by atoms with Gasteiger partial charge in [0.25, 0.3) is 0 Å². The molecule has 0 spiro atoms. The van der Waals surface area contributed by atoms with E-state index in [2.05, 4.69) is 4.90 Å². The van der Waals surface area contributed by atoms with E-state index in [1.54, 1.807) is 12.1 Å². The molecule has 1 aliphatic carbocycles. The highest BCUT2D eigenvalue weighted by Gasteiger charge is 2.27. The maximum atomic E-state index is 12.0. The standard InChI is InChI=1S/C13H19NO2S/c1-3-9-17(15,16)13-6-4-5-12(10-13)14(2)11-7-8-11/h4-6,10-11H,3,7-9H2,1-2H3. The lowest BCUT2D eigenvalue weighted by molar-refractivity contribution is 0.594. The highest BCUT2D eigenvalue weighted by Crippen LogP contribution is 2.31. The third-order valence-corrected chi connectivity index (χ3v) is 5.07. The van der Waals surface area contributed by atoms with Crippen molar-refractivity contribution < 1.29 is 8.42 Å². The van der Waals surface area contributed by atoms with Gasteiger partial charge in [-0.15, -0.1) is 0 Å². The minimum absolute atomic E-state index is 0.226. The molecule has 0 amide bonds. The Labute approximate surface area is 103 Å². The molecule has 1 fully saturated rings. The predicted octanol–water partition coefficient (Wildman–Crippen LogP) is 2.47. The Morgan fingerprint density at radius 3 is 2.65 bits per heavy atom. The molecule has 0 heterocycles. The lowest BCUT2D eigenvalue weighted by Crippen LogP contribution is -2.19. The van der Waals surface area contributed by atoms with Crippen LogP contribution in [-0.4, -0.2) is 27.3 Å². The van der Waals surface area contributed by atoms with Crippen LogP contribution in [0.4, 0.5) is 5.69 Å². The molecule has 17 heavy (non-hydrogen) atoms. The van der Waals surface area contributed by atoms with E-state index < -0.39 is 9.84 Å². The van der Waals surface area contributed by atoms with E-state index in [0.717, 1.165) is 5.69 Å². The molecule has 0 aliphatic heterocycles. The summed E-state index contributed by atoms with van der Waals surface area (Å²) in [5.74, 6) is 0.226. The number of hydrogen-bond donors (Lipinski definition) is 0. The lowest BCUT2D eigenvalue weighted by atomic mass is 10.3. The molecule has 1 saturated carbocycles. The zero-order valence-electron chi connectivity index (χ0n) is 10.4. The Morgan fingerprint density at radius 1 is 1.35 bits per heavy atom. The fourth-order valence-corrected chi connectivity index (χ4v) is 3.31. The van der Waals surface area contributed by atoms with Crippen molar-refractivity contribution in [2.75, 3.05) is 17.7 Å². The number of nitrogens with zero attached hydrogens (tertiary/aromatic N) is 1. The van der Waals surface area contributed by atoms with Crippen molar-refractivity contribution in [1.82, 2.24) is 0 Å². The smallest absolute Gasteiger partial charge is 0.178 e. The number of anilines is 1. The van der Waals surface area contributed by atoms with Crippen molar-refractivity contribution in [1.29, 1.82) is 0 Å². The van der Waals surface area contributed by atoms with Gasteiger partial charge in [0.05, 0.1) is 10.6 Å². The summed E-state index contributed by atoms with van der Waals surface area (Å²) >= 11 is 0. The lowest BCUT2D eigenvalue weighted by Gasteiger charge is -2.19. The summed E-state index contributed by atoms with van der Waals surface area (Å²) in [5.41, 5.74) is 1.00. The van der Waals surface area contributed by atoms with Gasteiger partial charge in [0.1, 0.15) is 0 Å². The normalized spacial score (nSPS) is 15.9. The summed E-state index contributed by atoms with van der Waals surface area (Å²) in [7, 11) is -1.07. The Kier molecular flexibility index (Phi) is 3.43. The van der Waals surface area contributed by atoms with Crippen molar-refractivity contribution in [2.45, 2.75) is 37.1 Å². The highest BCUT2D eigenvalue weighted by atomic mass is 32.2. The molecular formula is C13H19NO2S. The topological polar surface area (TPSA) is 37.4 Å². The second-order valence-corrected chi connectivity index (χ2v) is 6.77. The molecule has 0 N–H and O–H groups in total. The summed E-state index contributed by atoms with van der Waals surface area (Å²) in [5, 5.41) is 0. The van der Waals surface area contributed by atoms with Crippen LogP contribution >= 0.6 is 0 Å². The molecule has 2 rings (SSSR count). The van der Waals surface area contributed by atoms with E-state index in [9.17, 15) is 8.42 Å². The van der Waals surface area contributed by atoms with Gasteiger partial charge in [0.15, 0.2) is 9.84 Å². The first-order valence-electron chi connectivity index (χ1n) is 6.10. The van der Waals surface area contributed by atoms with E-state index in [0.29, 0.717) is 17.4 Å². The van der Waals surface area contributed by atoms with Crippen molar-refractivity contribution in [3.8, 4) is 0 Å². The number of hydrogen-bond acceptors (Lipinski definition) is 3. The van der Waals surface area contributed by atoms with Gasteiger partial charge in [-0.1, -0.05) is 13.0 Å². The van der Waals surface area contributed by atoms with Crippen LogP contribution in [0.5, 0.6) is 0 Å². The van der Waals surface area contributed by atoms with Crippen LogP contribution < -0.4 is 4.90 Å². The van der Waals surface area contributed by atoms with Gasteiger partial charge in [0.2, 0.25) is 0 Å². The second kappa shape index (κ2) is 4.69. The third-order valence-electron chi connectivity index (χ3n) is 3.15. The molecule has 4 heteroatoms. The van der Waals surface area contributed by atoms with Gasteiger partial charge in [-0.05, 0) is 37.5 Å². The summed E-state index contributed by atoms with van der Waals surface area (Å²) in [4.78, 5) is 2.62. The molecule has 94 valence electrons. The molecule has 0 atom stereocenters. The summed E-state index contributed by atoms with van der Waals surface area (Å²) in [6.07, 6.45) is 3.08. The Morgan fingerprint density at radius 2 is 2.06 bits per heavy atom. The van der Waals surface area contributed by atoms with Gasteiger partial charge in [-0.25, -0.2) is 8.42 Å². The number of benzene rings is 1. The van der Waals surface area contributed by atoms with Crippen molar-refractivity contribution in [2.24, 2.45) is 0 Å². The van der Waals surface area contributed by atoms with E-state index >= 15 is 0 Å². The van der Waals surface area contributed by atoms with E-state index in [1.165, 1.54) is 12.8 Å². The molecule has 0 unspecified atom stereocenters. The maximum Gasteiger partial charge on any atom is 0.178 e. The fourth-order valence-electron chi connectivity index (χ4n) is 1.96. The SMILES string of the molecule is CCCS(=O)(=O)c1cccc(N(C)C2CC2)c1. The molecule has 3 nitrogen and oxygen atoms in total. The Bertz CT molecular complexity index is 492. The van der Waals surface area contributed by atoms with E-state index in [1.807, 2.05) is 26.1 Å².